The molecule has 0 radical (unpaired) electrons. The molecule has 5 nitrogen and oxygen atoms in total. The zero-order valence-corrected chi connectivity index (χ0v) is 15.1. The van der Waals surface area contributed by atoms with Gasteiger partial charge in [0.2, 0.25) is 0 Å². The second kappa shape index (κ2) is 10.5. The molecular weight excluding hydrogens is 328 g/mol. The van der Waals surface area contributed by atoms with Crippen LogP contribution in [0.3, 0.4) is 0 Å². The van der Waals surface area contributed by atoms with Crippen LogP contribution in [-0.4, -0.2) is 29.8 Å². The third-order valence-electron chi connectivity index (χ3n) is 4.45. The quantitative estimate of drug-likeness (QED) is 0.700. The highest BCUT2D eigenvalue weighted by Crippen LogP contribution is 2.28. The van der Waals surface area contributed by atoms with E-state index in [9.17, 15) is 9.90 Å². The average molecular weight is 357 g/mol. The van der Waals surface area contributed by atoms with Gasteiger partial charge in [0, 0.05) is 6.04 Å². The zero-order chi connectivity index (χ0) is 16.7. The van der Waals surface area contributed by atoms with Crippen molar-refractivity contribution < 1.29 is 14.6 Å². The fourth-order valence-corrected chi connectivity index (χ4v) is 3.19. The number of amides is 1. The van der Waals surface area contributed by atoms with E-state index >= 15 is 0 Å². The van der Waals surface area contributed by atoms with Gasteiger partial charge in [-0.05, 0) is 31.4 Å². The van der Waals surface area contributed by atoms with E-state index in [0.29, 0.717) is 30.4 Å². The first-order chi connectivity index (χ1) is 11.1. The van der Waals surface area contributed by atoms with Crippen LogP contribution in [0.15, 0.2) is 24.3 Å². The molecule has 1 unspecified atom stereocenters. The molecule has 6 heteroatoms. The van der Waals surface area contributed by atoms with Gasteiger partial charge in [0.05, 0.1) is 12.3 Å². The number of anilines is 1. The predicted molar refractivity (Wildman–Crippen MR) is 98.7 cm³/mol. The molecule has 0 bridgehead atoms. The summed E-state index contributed by atoms with van der Waals surface area (Å²) < 4.78 is 5.47. The van der Waals surface area contributed by atoms with Crippen LogP contribution in [0.1, 0.15) is 45.4 Å². The predicted octanol–water partition coefficient (Wildman–Crippen LogP) is 3.10. The molecule has 0 spiro atoms. The van der Waals surface area contributed by atoms with Crippen molar-refractivity contribution in [3.05, 3.63) is 24.3 Å². The van der Waals surface area contributed by atoms with Crippen LogP contribution < -0.4 is 15.8 Å². The van der Waals surface area contributed by atoms with E-state index in [1.807, 2.05) is 19.1 Å². The maximum atomic E-state index is 12.3. The van der Waals surface area contributed by atoms with E-state index in [1.54, 1.807) is 12.1 Å². The molecule has 24 heavy (non-hydrogen) atoms. The van der Waals surface area contributed by atoms with Gasteiger partial charge in [-0.2, -0.15) is 0 Å². The third-order valence-corrected chi connectivity index (χ3v) is 4.45. The Labute approximate surface area is 150 Å². The first-order valence-corrected chi connectivity index (χ1v) is 8.58. The van der Waals surface area contributed by atoms with Crippen LogP contribution in [0, 0.1) is 5.92 Å². The van der Waals surface area contributed by atoms with Gasteiger partial charge in [-0.1, -0.05) is 44.2 Å². The summed E-state index contributed by atoms with van der Waals surface area (Å²) in [5.74, 6) is 0.647. The summed E-state index contributed by atoms with van der Waals surface area (Å²) in [6, 6.07) is 6.66. The van der Waals surface area contributed by atoms with E-state index in [-0.39, 0.29) is 12.4 Å². The van der Waals surface area contributed by atoms with Crippen molar-refractivity contribution in [2.75, 3.05) is 11.9 Å². The number of carbonyl (C=O) groups is 1. The molecule has 2 rings (SSSR count). The Bertz CT molecular complexity index is 507. The summed E-state index contributed by atoms with van der Waals surface area (Å²) in [6.45, 7) is 2.39. The molecule has 1 saturated carbocycles. The molecule has 2 atom stereocenters. The Balaban J connectivity index is 0.00000288. The number of hydrogen-bond acceptors (Lipinski definition) is 4. The van der Waals surface area contributed by atoms with Gasteiger partial charge < -0.3 is 20.9 Å². The number of rotatable bonds is 7. The van der Waals surface area contributed by atoms with Gasteiger partial charge in [-0.3, -0.25) is 4.79 Å². The van der Waals surface area contributed by atoms with Crippen molar-refractivity contribution in [2.24, 2.45) is 11.7 Å². The van der Waals surface area contributed by atoms with Gasteiger partial charge >= 0.3 is 0 Å². The molecule has 0 saturated heterocycles. The molecule has 1 aromatic carbocycles. The SMILES string of the molecule is CCOc1ccccc1NC(=O)C(O)[C@H](N)CC1CCCCC1.Cl. The van der Waals surface area contributed by atoms with Crippen LogP contribution in [0.4, 0.5) is 5.69 Å². The van der Waals surface area contributed by atoms with E-state index in [2.05, 4.69) is 5.32 Å². The number of aliphatic hydroxyl groups is 1. The summed E-state index contributed by atoms with van der Waals surface area (Å²) in [7, 11) is 0. The molecule has 1 aliphatic rings. The summed E-state index contributed by atoms with van der Waals surface area (Å²) in [5, 5.41) is 12.9. The Morgan fingerprint density at radius 3 is 2.67 bits per heavy atom. The number of nitrogens with one attached hydrogen (secondary N) is 1. The highest BCUT2D eigenvalue weighted by molar-refractivity contribution is 5.95. The normalized spacial score (nSPS) is 17.5. The van der Waals surface area contributed by atoms with Crippen LogP contribution in [0.25, 0.3) is 0 Å². The fraction of sp³-hybridized carbons (Fsp3) is 0.611. The molecule has 136 valence electrons. The number of ether oxygens (including phenoxy) is 1. The molecule has 0 heterocycles. The number of carbonyl (C=O) groups excluding carboxylic acids is 1. The maximum absolute atomic E-state index is 12.3. The number of aliphatic hydroxyl groups excluding tert-OH is 1. The lowest BCUT2D eigenvalue weighted by molar-refractivity contribution is -0.125. The Hall–Kier alpha value is -1.30. The molecule has 4 N–H and O–H groups in total. The first-order valence-electron chi connectivity index (χ1n) is 8.58. The minimum absolute atomic E-state index is 0. The third kappa shape index (κ3) is 5.96. The number of para-hydroxylation sites is 2. The van der Waals surface area contributed by atoms with Gasteiger partial charge in [0.1, 0.15) is 11.9 Å². The summed E-state index contributed by atoms with van der Waals surface area (Å²) in [4.78, 5) is 12.3. The van der Waals surface area contributed by atoms with Gasteiger partial charge in [-0.25, -0.2) is 0 Å². The topological polar surface area (TPSA) is 84.6 Å². The van der Waals surface area contributed by atoms with E-state index in [0.717, 1.165) is 12.8 Å². The van der Waals surface area contributed by atoms with E-state index in [4.69, 9.17) is 10.5 Å². The molecule has 0 aromatic heterocycles. The maximum Gasteiger partial charge on any atom is 0.254 e. The van der Waals surface area contributed by atoms with Gasteiger partial charge in [0.25, 0.3) is 5.91 Å². The van der Waals surface area contributed by atoms with E-state index < -0.39 is 18.1 Å². The number of benzene rings is 1. The summed E-state index contributed by atoms with van der Waals surface area (Å²) >= 11 is 0. The van der Waals surface area contributed by atoms with Crippen molar-refractivity contribution in [2.45, 2.75) is 57.6 Å². The highest BCUT2D eigenvalue weighted by atomic mass is 35.5. The largest absolute Gasteiger partial charge is 0.492 e. The van der Waals surface area contributed by atoms with Crippen LogP contribution in [-0.2, 0) is 4.79 Å². The summed E-state index contributed by atoms with van der Waals surface area (Å²) in [5.41, 5.74) is 6.62. The number of nitrogens with two attached hydrogens (primary N) is 1. The fourth-order valence-electron chi connectivity index (χ4n) is 3.19. The average Bonchev–Trinajstić information content (AvgIpc) is 2.57. The highest BCUT2D eigenvalue weighted by Gasteiger charge is 2.27. The van der Waals surface area contributed by atoms with E-state index in [1.165, 1.54) is 19.3 Å². The van der Waals surface area contributed by atoms with Crippen molar-refractivity contribution >= 4 is 24.0 Å². The minimum atomic E-state index is -1.20. The second-order valence-electron chi connectivity index (χ2n) is 6.27. The summed E-state index contributed by atoms with van der Waals surface area (Å²) in [6.07, 6.45) is 5.52. The lowest BCUT2D eigenvalue weighted by Gasteiger charge is -2.26. The van der Waals surface area contributed by atoms with Crippen molar-refractivity contribution in [1.82, 2.24) is 0 Å². The van der Waals surface area contributed by atoms with Crippen molar-refractivity contribution in [3.63, 3.8) is 0 Å². The molecule has 1 aliphatic carbocycles. The zero-order valence-electron chi connectivity index (χ0n) is 14.2. The molecule has 0 aliphatic heterocycles. The van der Waals surface area contributed by atoms with Gasteiger partial charge in [-0.15, -0.1) is 12.4 Å². The first kappa shape index (κ1) is 20.7. The Morgan fingerprint density at radius 2 is 2.00 bits per heavy atom. The van der Waals surface area contributed by atoms with Crippen LogP contribution >= 0.6 is 12.4 Å². The standard InChI is InChI=1S/C18H28N2O3.ClH/c1-2-23-16-11-7-6-10-15(16)20-18(22)17(21)14(19)12-13-8-4-3-5-9-13;/h6-7,10-11,13-14,17,21H,2-5,8-9,12,19H2,1H3,(H,20,22);1H/t14-,17?;/m1./s1. The lowest BCUT2D eigenvalue weighted by atomic mass is 9.84. The molecular formula is C18H29ClN2O3. The molecule has 1 aromatic rings. The Kier molecular flexibility index (Phi) is 9.11. The second-order valence-corrected chi connectivity index (χ2v) is 6.27. The number of halogens is 1. The monoisotopic (exact) mass is 356 g/mol. The lowest BCUT2D eigenvalue weighted by Crippen LogP contribution is -2.44. The Morgan fingerprint density at radius 1 is 1.33 bits per heavy atom. The van der Waals surface area contributed by atoms with Crippen LogP contribution in [0.2, 0.25) is 0 Å². The van der Waals surface area contributed by atoms with Crippen molar-refractivity contribution in [3.8, 4) is 5.75 Å². The van der Waals surface area contributed by atoms with Crippen LogP contribution in [0.5, 0.6) is 5.75 Å². The molecule has 1 amide bonds. The smallest absolute Gasteiger partial charge is 0.254 e. The molecule has 1 fully saturated rings. The number of hydrogen-bond donors (Lipinski definition) is 3. The van der Waals surface area contributed by atoms with Gasteiger partial charge in [0.15, 0.2) is 0 Å². The minimum Gasteiger partial charge on any atom is -0.492 e. The van der Waals surface area contributed by atoms with Crippen molar-refractivity contribution in [1.29, 1.82) is 0 Å².